The molecule has 1 aromatic carbocycles. The van der Waals surface area contributed by atoms with Crippen LogP contribution >= 0.6 is 0 Å². The molecular weight excluding hydrogens is 246 g/mol. The molecule has 19 heavy (non-hydrogen) atoms. The summed E-state index contributed by atoms with van der Waals surface area (Å²) in [6.07, 6.45) is 3.19. The molecule has 1 unspecified atom stereocenters. The van der Waals surface area contributed by atoms with Crippen LogP contribution in [0.5, 0.6) is 0 Å². The summed E-state index contributed by atoms with van der Waals surface area (Å²) >= 11 is 0. The van der Waals surface area contributed by atoms with Crippen LogP contribution in [0.4, 0.5) is 0 Å². The highest BCUT2D eigenvalue weighted by molar-refractivity contribution is 5.84. The van der Waals surface area contributed by atoms with Crippen LogP contribution in [0.1, 0.15) is 11.6 Å². The van der Waals surface area contributed by atoms with Gasteiger partial charge in [-0.05, 0) is 11.6 Å². The van der Waals surface area contributed by atoms with E-state index < -0.39 is 17.9 Å². The third kappa shape index (κ3) is 3.41. The van der Waals surface area contributed by atoms with Gasteiger partial charge in [0, 0.05) is 12.4 Å². The molecule has 0 fully saturated rings. The molecule has 6 nitrogen and oxygen atoms in total. The zero-order valence-electron chi connectivity index (χ0n) is 10.1. The fraction of sp³-hybridized carbons (Fsp3) is 0.154. The van der Waals surface area contributed by atoms with Crippen LogP contribution in [0.3, 0.4) is 0 Å². The van der Waals surface area contributed by atoms with E-state index in [0.717, 1.165) is 0 Å². The van der Waals surface area contributed by atoms with Gasteiger partial charge in [0.2, 0.25) is 5.91 Å². The molecule has 1 atom stereocenters. The van der Waals surface area contributed by atoms with Gasteiger partial charge >= 0.3 is 5.97 Å². The van der Waals surface area contributed by atoms with Crippen molar-refractivity contribution >= 4 is 11.9 Å². The third-order valence-corrected chi connectivity index (χ3v) is 2.55. The quantitative estimate of drug-likeness (QED) is 0.832. The Morgan fingerprint density at radius 1 is 1.26 bits per heavy atom. The highest BCUT2D eigenvalue weighted by Gasteiger charge is 2.21. The van der Waals surface area contributed by atoms with Crippen molar-refractivity contribution in [1.29, 1.82) is 0 Å². The van der Waals surface area contributed by atoms with E-state index in [0.29, 0.717) is 5.56 Å². The first kappa shape index (κ1) is 12.8. The van der Waals surface area contributed by atoms with Gasteiger partial charge in [0.15, 0.2) is 6.04 Å². The molecule has 0 bridgehead atoms. The number of aliphatic carboxylic acids is 1. The van der Waals surface area contributed by atoms with Crippen molar-refractivity contribution in [1.82, 2.24) is 15.1 Å². The summed E-state index contributed by atoms with van der Waals surface area (Å²) in [7, 11) is 0. The Labute approximate surface area is 109 Å². The summed E-state index contributed by atoms with van der Waals surface area (Å²) in [5.74, 6) is -1.50. The predicted octanol–water partition coefficient (Wildman–Crippen LogP) is 0.825. The fourth-order valence-corrected chi connectivity index (χ4v) is 1.68. The minimum Gasteiger partial charge on any atom is -0.479 e. The van der Waals surface area contributed by atoms with E-state index in [1.807, 2.05) is 0 Å². The zero-order valence-corrected chi connectivity index (χ0v) is 10.1. The van der Waals surface area contributed by atoms with Crippen LogP contribution in [0.2, 0.25) is 0 Å². The van der Waals surface area contributed by atoms with E-state index in [4.69, 9.17) is 5.11 Å². The first-order chi connectivity index (χ1) is 9.16. The molecule has 0 radical (unpaired) electrons. The fourth-order valence-electron chi connectivity index (χ4n) is 1.68. The third-order valence-electron chi connectivity index (χ3n) is 2.55. The standard InChI is InChI=1S/C13H13N3O3/c17-11(9-16-8-4-7-14-16)15-12(13(18)19)10-5-2-1-3-6-10/h1-8,12H,9H2,(H,15,17)(H,18,19). The molecule has 2 aromatic rings. The minimum atomic E-state index is -1.10. The molecule has 0 aliphatic carbocycles. The number of amides is 1. The molecule has 2 rings (SSSR count). The molecule has 0 aliphatic rings. The number of hydrogen-bond donors (Lipinski definition) is 2. The highest BCUT2D eigenvalue weighted by Crippen LogP contribution is 2.12. The SMILES string of the molecule is O=C(Cn1cccn1)NC(C(=O)O)c1ccccc1. The Kier molecular flexibility index (Phi) is 3.92. The molecule has 0 spiro atoms. The second-order valence-corrected chi connectivity index (χ2v) is 3.95. The lowest BCUT2D eigenvalue weighted by molar-refractivity contribution is -0.142. The van der Waals surface area contributed by atoms with Gasteiger partial charge in [0.1, 0.15) is 6.54 Å². The van der Waals surface area contributed by atoms with E-state index >= 15 is 0 Å². The van der Waals surface area contributed by atoms with Gasteiger partial charge < -0.3 is 10.4 Å². The Balaban J connectivity index is 2.05. The van der Waals surface area contributed by atoms with Crippen LogP contribution in [0.15, 0.2) is 48.8 Å². The summed E-state index contributed by atoms with van der Waals surface area (Å²) in [6, 6.07) is 9.20. The number of aromatic nitrogens is 2. The number of hydrogen-bond acceptors (Lipinski definition) is 3. The number of carboxylic acid groups (broad SMARTS) is 1. The Hall–Kier alpha value is -2.63. The smallest absolute Gasteiger partial charge is 0.330 e. The monoisotopic (exact) mass is 259 g/mol. The van der Waals surface area contributed by atoms with Gasteiger partial charge in [-0.2, -0.15) is 5.10 Å². The minimum absolute atomic E-state index is 0.0103. The maximum Gasteiger partial charge on any atom is 0.330 e. The maximum absolute atomic E-state index is 11.8. The summed E-state index contributed by atoms with van der Waals surface area (Å²) in [6.45, 7) is -0.0103. The highest BCUT2D eigenvalue weighted by atomic mass is 16.4. The van der Waals surface area contributed by atoms with Crippen LogP contribution in [0, 0.1) is 0 Å². The molecule has 1 amide bonds. The van der Waals surface area contributed by atoms with Crippen molar-refractivity contribution in [2.45, 2.75) is 12.6 Å². The lowest BCUT2D eigenvalue weighted by Gasteiger charge is -2.14. The van der Waals surface area contributed by atoms with E-state index in [9.17, 15) is 9.59 Å². The molecule has 6 heteroatoms. The molecule has 1 heterocycles. The van der Waals surface area contributed by atoms with Crippen molar-refractivity contribution < 1.29 is 14.7 Å². The first-order valence-electron chi connectivity index (χ1n) is 5.71. The molecule has 0 aliphatic heterocycles. The molecule has 2 N–H and O–H groups in total. The van der Waals surface area contributed by atoms with Crippen LogP contribution < -0.4 is 5.32 Å². The van der Waals surface area contributed by atoms with Crippen LogP contribution in [-0.2, 0) is 16.1 Å². The summed E-state index contributed by atoms with van der Waals surface area (Å²) < 4.78 is 1.43. The molecule has 0 saturated carbocycles. The normalized spacial score (nSPS) is 11.8. The predicted molar refractivity (Wildman–Crippen MR) is 67.2 cm³/mol. The van der Waals surface area contributed by atoms with Gasteiger partial charge in [-0.3, -0.25) is 9.48 Å². The number of carbonyl (C=O) groups excluding carboxylic acids is 1. The van der Waals surface area contributed by atoms with E-state index in [1.54, 1.807) is 48.8 Å². The molecule has 98 valence electrons. The maximum atomic E-state index is 11.8. The molecule has 0 saturated heterocycles. The number of benzene rings is 1. The summed E-state index contributed by atoms with van der Waals surface area (Å²) in [5, 5.41) is 15.5. The van der Waals surface area contributed by atoms with Gasteiger partial charge in [0.05, 0.1) is 0 Å². The lowest BCUT2D eigenvalue weighted by atomic mass is 10.1. The van der Waals surface area contributed by atoms with Crippen molar-refractivity contribution in [3.63, 3.8) is 0 Å². The number of carboxylic acids is 1. The van der Waals surface area contributed by atoms with E-state index in [-0.39, 0.29) is 6.54 Å². The average Bonchev–Trinajstić information content (AvgIpc) is 2.89. The summed E-state index contributed by atoms with van der Waals surface area (Å²) in [4.78, 5) is 23.0. The van der Waals surface area contributed by atoms with Crippen LogP contribution in [0.25, 0.3) is 0 Å². The van der Waals surface area contributed by atoms with Crippen molar-refractivity contribution in [2.75, 3.05) is 0 Å². The lowest BCUT2D eigenvalue weighted by Crippen LogP contribution is -2.35. The van der Waals surface area contributed by atoms with Gasteiger partial charge in [-0.25, -0.2) is 4.79 Å². The van der Waals surface area contributed by atoms with Gasteiger partial charge in [0.25, 0.3) is 0 Å². The Bertz CT molecular complexity index is 552. The largest absolute Gasteiger partial charge is 0.479 e. The van der Waals surface area contributed by atoms with Crippen LogP contribution in [-0.4, -0.2) is 26.8 Å². The second-order valence-electron chi connectivity index (χ2n) is 3.95. The summed E-state index contributed by atoms with van der Waals surface area (Å²) in [5.41, 5.74) is 0.531. The number of nitrogens with zero attached hydrogens (tertiary/aromatic N) is 2. The second kappa shape index (κ2) is 5.81. The van der Waals surface area contributed by atoms with Crippen molar-refractivity contribution in [3.8, 4) is 0 Å². The number of carbonyl (C=O) groups is 2. The Morgan fingerprint density at radius 2 is 2.00 bits per heavy atom. The number of rotatable bonds is 5. The molecule has 1 aromatic heterocycles. The average molecular weight is 259 g/mol. The Morgan fingerprint density at radius 3 is 2.58 bits per heavy atom. The molecular formula is C13H13N3O3. The first-order valence-corrected chi connectivity index (χ1v) is 5.71. The van der Waals surface area contributed by atoms with E-state index in [2.05, 4.69) is 10.4 Å². The topological polar surface area (TPSA) is 84.2 Å². The zero-order chi connectivity index (χ0) is 13.7. The van der Waals surface area contributed by atoms with E-state index in [1.165, 1.54) is 4.68 Å². The van der Waals surface area contributed by atoms with Crippen molar-refractivity contribution in [3.05, 3.63) is 54.4 Å². The van der Waals surface area contributed by atoms with Gasteiger partial charge in [-0.1, -0.05) is 30.3 Å². The van der Waals surface area contributed by atoms with Gasteiger partial charge in [-0.15, -0.1) is 0 Å². The van der Waals surface area contributed by atoms with Crippen molar-refractivity contribution in [2.24, 2.45) is 0 Å². The number of nitrogens with one attached hydrogen (secondary N) is 1.